The lowest BCUT2D eigenvalue weighted by molar-refractivity contribution is -0.143. The molecular formula is C13H14N6O3S2. The number of hydrogen-bond acceptors (Lipinski definition) is 9. The van der Waals surface area contributed by atoms with Crippen LogP contribution in [0.2, 0.25) is 0 Å². The lowest BCUT2D eigenvalue weighted by Crippen LogP contribution is -2.68. The van der Waals surface area contributed by atoms with E-state index in [1.165, 1.54) is 6.08 Å². The van der Waals surface area contributed by atoms with E-state index in [0.717, 1.165) is 17.3 Å². The second-order valence-electron chi connectivity index (χ2n) is 4.79. The van der Waals surface area contributed by atoms with Crippen LogP contribution in [0.15, 0.2) is 30.1 Å². The van der Waals surface area contributed by atoms with E-state index >= 15 is 0 Å². The summed E-state index contributed by atoms with van der Waals surface area (Å²) in [5, 5.41) is 6.50. The van der Waals surface area contributed by atoms with Gasteiger partial charge in [-0.1, -0.05) is 23.9 Å². The Bertz CT molecular complexity index is 731. The van der Waals surface area contributed by atoms with E-state index in [4.69, 9.17) is 10.6 Å². The summed E-state index contributed by atoms with van der Waals surface area (Å²) in [4.78, 5) is 35.1. The molecule has 3 N–H and O–H groups in total. The molecule has 3 heterocycles. The molecule has 2 atom stereocenters. The molecule has 0 aliphatic carbocycles. The van der Waals surface area contributed by atoms with Crippen molar-refractivity contribution in [3.63, 3.8) is 0 Å². The number of nitrogens with zero attached hydrogens (tertiary/aromatic N) is 4. The van der Waals surface area contributed by atoms with Crippen molar-refractivity contribution < 1.29 is 14.4 Å². The maximum absolute atomic E-state index is 12.5. The van der Waals surface area contributed by atoms with Crippen molar-refractivity contribution in [1.82, 2.24) is 19.6 Å². The standard InChI is InChI=1S/C13H14N6O3S2/c1-2-5-22-17-7(9-16-13(14)24-18-9)10(20)15-8-11(21)19-4-3-6-23-12(8)19/h2-4,8,12H,1,5-6H2,(H,15,20)(H2,14,16,18)/t8?,12-/m0/s1. The third-order valence-electron chi connectivity index (χ3n) is 3.21. The fourth-order valence-electron chi connectivity index (χ4n) is 2.14. The number of amides is 2. The molecule has 3 rings (SSSR count). The smallest absolute Gasteiger partial charge is 0.278 e. The third kappa shape index (κ3) is 3.12. The quantitative estimate of drug-likeness (QED) is 0.238. The van der Waals surface area contributed by atoms with Crippen LogP contribution < -0.4 is 11.1 Å². The van der Waals surface area contributed by atoms with Gasteiger partial charge in [0, 0.05) is 23.5 Å². The van der Waals surface area contributed by atoms with Gasteiger partial charge in [-0.05, 0) is 0 Å². The normalized spacial score (nSPS) is 22.6. The van der Waals surface area contributed by atoms with E-state index < -0.39 is 11.9 Å². The molecule has 0 bridgehead atoms. The van der Waals surface area contributed by atoms with Gasteiger partial charge in [-0.15, -0.1) is 11.8 Å². The fourth-order valence-corrected chi connectivity index (χ4v) is 3.68. The maximum Gasteiger partial charge on any atom is 0.278 e. The molecule has 1 unspecified atom stereocenters. The average molecular weight is 366 g/mol. The molecule has 24 heavy (non-hydrogen) atoms. The van der Waals surface area contributed by atoms with Crippen LogP contribution in [0.25, 0.3) is 0 Å². The summed E-state index contributed by atoms with van der Waals surface area (Å²) < 4.78 is 3.96. The third-order valence-corrected chi connectivity index (χ3v) is 4.98. The maximum atomic E-state index is 12.5. The first-order chi connectivity index (χ1) is 11.6. The van der Waals surface area contributed by atoms with E-state index in [2.05, 4.69) is 26.4 Å². The molecule has 9 nitrogen and oxygen atoms in total. The van der Waals surface area contributed by atoms with E-state index in [1.807, 2.05) is 6.08 Å². The minimum absolute atomic E-state index is 0.0545. The van der Waals surface area contributed by atoms with Crippen LogP contribution >= 0.6 is 23.3 Å². The highest BCUT2D eigenvalue weighted by molar-refractivity contribution is 8.00. The predicted octanol–water partition coefficient (Wildman–Crippen LogP) is -0.0594. The Morgan fingerprint density at radius 1 is 1.67 bits per heavy atom. The molecule has 1 fully saturated rings. The highest BCUT2D eigenvalue weighted by Crippen LogP contribution is 2.33. The van der Waals surface area contributed by atoms with Crippen LogP contribution in [0.4, 0.5) is 5.13 Å². The van der Waals surface area contributed by atoms with Gasteiger partial charge in [0.2, 0.25) is 11.5 Å². The summed E-state index contributed by atoms with van der Waals surface area (Å²) in [5.41, 5.74) is 5.42. The Morgan fingerprint density at radius 3 is 3.21 bits per heavy atom. The van der Waals surface area contributed by atoms with Gasteiger partial charge in [0.25, 0.3) is 11.8 Å². The number of anilines is 1. The molecule has 0 radical (unpaired) electrons. The minimum atomic E-state index is -0.618. The molecule has 2 amide bonds. The molecule has 126 valence electrons. The van der Waals surface area contributed by atoms with E-state index in [9.17, 15) is 9.59 Å². The zero-order valence-corrected chi connectivity index (χ0v) is 14.0. The Hall–Kier alpha value is -2.40. The van der Waals surface area contributed by atoms with Gasteiger partial charge in [0.05, 0.1) is 0 Å². The SMILES string of the molecule is C=CCON=C(C(=O)NC1C(=O)N2C=CCS[C@@H]12)c1nsc(N)n1. The molecule has 0 aromatic carbocycles. The highest BCUT2D eigenvalue weighted by atomic mass is 32.2. The number of hydrogen-bond donors (Lipinski definition) is 2. The lowest BCUT2D eigenvalue weighted by Gasteiger charge is -2.46. The van der Waals surface area contributed by atoms with Crippen LogP contribution in [0.5, 0.6) is 0 Å². The number of carbonyl (C=O) groups is 2. The largest absolute Gasteiger partial charge is 0.391 e. The van der Waals surface area contributed by atoms with Crippen molar-refractivity contribution in [1.29, 1.82) is 0 Å². The summed E-state index contributed by atoms with van der Waals surface area (Å²) in [6.07, 6.45) is 5.12. The number of β-lactam (4-membered cyclic amide) rings is 1. The Balaban J connectivity index is 1.74. The van der Waals surface area contributed by atoms with Crippen LogP contribution in [-0.4, -0.2) is 55.6 Å². The minimum Gasteiger partial charge on any atom is -0.391 e. The molecule has 2 aliphatic heterocycles. The van der Waals surface area contributed by atoms with E-state index in [0.29, 0.717) is 0 Å². The monoisotopic (exact) mass is 366 g/mol. The number of nitrogen functional groups attached to an aromatic ring is 1. The Labute approximate surface area is 145 Å². The summed E-state index contributed by atoms with van der Waals surface area (Å²) >= 11 is 2.51. The number of oxime groups is 1. The van der Waals surface area contributed by atoms with Crippen LogP contribution in [-0.2, 0) is 14.4 Å². The summed E-state index contributed by atoms with van der Waals surface area (Å²) in [6.45, 7) is 3.62. The van der Waals surface area contributed by atoms with Crippen LogP contribution in [0, 0.1) is 0 Å². The van der Waals surface area contributed by atoms with Gasteiger partial charge in [0.1, 0.15) is 18.0 Å². The molecule has 0 spiro atoms. The zero-order chi connectivity index (χ0) is 17.1. The van der Waals surface area contributed by atoms with Crippen LogP contribution in [0.1, 0.15) is 5.82 Å². The summed E-state index contributed by atoms with van der Waals surface area (Å²) in [7, 11) is 0. The van der Waals surface area contributed by atoms with E-state index in [-0.39, 0.29) is 34.6 Å². The number of nitrogens with one attached hydrogen (secondary N) is 1. The van der Waals surface area contributed by atoms with Crippen molar-refractivity contribution in [3.8, 4) is 0 Å². The topological polar surface area (TPSA) is 123 Å². The van der Waals surface area contributed by atoms with Crippen molar-refractivity contribution in [2.45, 2.75) is 11.4 Å². The summed E-state index contributed by atoms with van der Waals surface area (Å²) in [5.74, 6) is 0.0757. The number of carbonyl (C=O) groups excluding carboxylic acids is 2. The molecule has 1 aromatic heterocycles. The molecule has 1 saturated heterocycles. The first-order valence-electron chi connectivity index (χ1n) is 6.93. The van der Waals surface area contributed by atoms with E-state index in [1.54, 1.807) is 22.9 Å². The van der Waals surface area contributed by atoms with Crippen molar-refractivity contribution in [3.05, 3.63) is 30.8 Å². The highest BCUT2D eigenvalue weighted by Gasteiger charge is 2.48. The summed E-state index contributed by atoms with van der Waals surface area (Å²) in [6, 6.07) is -0.618. The molecule has 11 heteroatoms. The van der Waals surface area contributed by atoms with Gasteiger partial charge in [-0.2, -0.15) is 9.36 Å². The molecule has 2 aliphatic rings. The van der Waals surface area contributed by atoms with Crippen molar-refractivity contribution >= 4 is 46.0 Å². The fraction of sp³-hybridized carbons (Fsp3) is 0.308. The van der Waals surface area contributed by atoms with Gasteiger partial charge in [-0.25, -0.2) is 0 Å². The average Bonchev–Trinajstić information content (AvgIpc) is 3.02. The van der Waals surface area contributed by atoms with Crippen molar-refractivity contribution in [2.24, 2.45) is 5.16 Å². The molecule has 0 saturated carbocycles. The zero-order valence-electron chi connectivity index (χ0n) is 12.4. The number of aromatic nitrogens is 2. The van der Waals surface area contributed by atoms with Gasteiger partial charge >= 0.3 is 0 Å². The Morgan fingerprint density at radius 2 is 2.50 bits per heavy atom. The molecular weight excluding hydrogens is 352 g/mol. The van der Waals surface area contributed by atoms with Gasteiger partial charge in [-0.3, -0.25) is 9.59 Å². The number of rotatable bonds is 6. The molecule has 1 aromatic rings. The van der Waals surface area contributed by atoms with Gasteiger partial charge in [0.15, 0.2) is 5.13 Å². The first kappa shape index (κ1) is 16.5. The Kier molecular flexibility index (Phi) is 4.81. The lowest BCUT2D eigenvalue weighted by atomic mass is 10.1. The number of thioether (sulfide) groups is 1. The van der Waals surface area contributed by atoms with Crippen molar-refractivity contribution in [2.75, 3.05) is 18.1 Å². The second-order valence-corrected chi connectivity index (χ2v) is 6.72. The first-order valence-corrected chi connectivity index (χ1v) is 8.75. The van der Waals surface area contributed by atoms with Crippen LogP contribution in [0.3, 0.4) is 0 Å². The number of nitrogens with two attached hydrogens (primary N) is 1. The predicted molar refractivity (Wildman–Crippen MR) is 91.2 cm³/mol. The second kappa shape index (κ2) is 7.01. The number of fused-ring (bicyclic) bond motifs is 1. The van der Waals surface area contributed by atoms with Gasteiger partial charge < -0.3 is 20.8 Å².